The third kappa shape index (κ3) is 4.80. The maximum atomic E-state index is 5.92. The summed E-state index contributed by atoms with van der Waals surface area (Å²) >= 11 is 5.92. The van der Waals surface area contributed by atoms with Gasteiger partial charge in [0.2, 0.25) is 0 Å². The predicted molar refractivity (Wildman–Crippen MR) is 45.0 cm³/mol. The minimum absolute atomic E-state index is 0.227. The Balaban J connectivity index is 3.16. The van der Waals surface area contributed by atoms with Gasteiger partial charge in [-0.1, -0.05) is 19.8 Å². The van der Waals surface area contributed by atoms with Crippen LogP contribution in [0.5, 0.6) is 0 Å². The second kappa shape index (κ2) is 5.13. The van der Waals surface area contributed by atoms with Crippen molar-refractivity contribution >= 4 is 17.7 Å². The van der Waals surface area contributed by atoms with Crippen LogP contribution in [0.25, 0.3) is 0 Å². The van der Waals surface area contributed by atoms with Crippen LogP contribution in [-0.4, -0.2) is 25.2 Å². The molecule has 0 aliphatic rings. The molecule has 9 heavy (non-hydrogen) atoms. The standard InChI is InChI=1S/C6H15BClN/c1-4-5-6-7(8)9(2)3/h4-6H2,1-3H3. The van der Waals surface area contributed by atoms with Gasteiger partial charge in [0.1, 0.15) is 0 Å². The van der Waals surface area contributed by atoms with E-state index < -0.39 is 0 Å². The van der Waals surface area contributed by atoms with Gasteiger partial charge in [0.25, 0.3) is 0 Å². The molecule has 54 valence electrons. The van der Waals surface area contributed by atoms with Crippen LogP contribution in [0.4, 0.5) is 0 Å². The zero-order chi connectivity index (χ0) is 7.28. The van der Waals surface area contributed by atoms with Crippen molar-refractivity contribution in [2.24, 2.45) is 0 Å². The number of hydrogen-bond acceptors (Lipinski definition) is 1. The molecule has 0 unspecified atom stereocenters. The summed E-state index contributed by atoms with van der Waals surface area (Å²) in [6.45, 7) is 2.18. The molecule has 0 radical (unpaired) electrons. The van der Waals surface area contributed by atoms with Crippen LogP contribution in [0.3, 0.4) is 0 Å². The molecule has 0 aliphatic heterocycles. The zero-order valence-electron chi connectivity index (χ0n) is 6.52. The van der Waals surface area contributed by atoms with Crippen molar-refractivity contribution in [2.75, 3.05) is 14.1 Å². The van der Waals surface area contributed by atoms with E-state index in [-0.39, 0.29) is 6.26 Å². The second-order valence-corrected chi connectivity index (χ2v) is 3.04. The summed E-state index contributed by atoms with van der Waals surface area (Å²) in [7, 11) is 4.01. The number of rotatable bonds is 4. The number of nitrogens with zero attached hydrogens (tertiary/aromatic N) is 1. The molecule has 0 spiro atoms. The largest absolute Gasteiger partial charge is 0.334 e. The van der Waals surface area contributed by atoms with Gasteiger partial charge in [-0.2, -0.15) is 11.5 Å². The fourth-order valence-corrected chi connectivity index (χ4v) is 0.785. The summed E-state index contributed by atoms with van der Waals surface area (Å²) in [5.74, 6) is 0. The average Bonchev–Trinajstić information content (AvgIpc) is 1.82. The lowest BCUT2D eigenvalue weighted by Crippen LogP contribution is -2.26. The fourth-order valence-electron chi connectivity index (χ4n) is 0.631. The molecule has 0 bridgehead atoms. The van der Waals surface area contributed by atoms with Crippen LogP contribution in [-0.2, 0) is 0 Å². The third-order valence-electron chi connectivity index (χ3n) is 1.36. The Bertz CT molecular complexity index is 68.1. The average molecular weight is 147 g/mol. The topological polar surface area (TPSA) is 3.24 Å². The van der Waals surface area contributed by atoms with Crippen molar-refractivity contribution in [2.45, 2.75) is 26.1 Å². The lowest BCUT2D eigenvalue weighted by atomic mass is 9.83. The summed E-state index contributed by atoms with van der Waals surface area (Å²) in [6, 6.07) is 0. The third-order valence-corrected chi connectivity index (χ3v) is 1.96. The Kier molecular flexibility index (Phi) is 5.31. The van der Waals surface area contributed by atoms with E-state index in [4.69, 9.17) is 11.5 Å². The van der Waals surface area contributed by atoms with E-state index >= 15 is 0 Å². The lowest BCUT2D eigenvalue weighted by Gasteiger charge is -2.12. The molecule has 0 aromatic carbocycles. The summed E-state index contributed by atoms with van der Waals surface area (Å²) in [6.07, 6.45) is 3.79. The first-order valence-electron chi connectivity index (χ1n) is 3.49. The monoisotopic (exact) mass is 147 g/mol. The van der Waals surface area contributed by atoms with Crippen LogP contribution in [0.15, 0.2) is 0 Å². The molecule has 0 aromatic rings. The normalized spacial score (nSPS) is 10.3. The zero-order valence-corrected chi connectivity index (χ0v) is 7.28. The highest BCUT2D eigenvalue weighted by Crippen LogP contribution is 2.05. The van der Waals surface area contributed by atoms with E-state index in [0.29, 0.717) is 0 Å². The first-order valence-corrected chi connectivity index (χ1v) is 3.92. The minimum atomic E-state index is 0.227. The quantitative estimate of drug-likeness (QED) is 0.550. The SMILES string of the molecule is CCCCB(Cl)N(C)C. The number of hydrogen-bond donors (Lipinski definition) is 0. The van der Waals surface area contributed by atoms with Crippen molar-refractivity contribution in [3.63, 3.8) is 0 Å². The van der Waals surface area contributed by atoms with E-state index in [2.05, 4.69) is 6.92 Å². The number of halogens is 1. The Morgan fingerprint density at radius 1 is 1.44 bits per heavy atom. The van der Waals surface area contributed by atoms with Gasteiger partial charge >= 0.3 is 6.26 Å². The van der Waals surface area contributed by atoms with Gasteiger partial charge < -0.3 is 4.81 Å². The van der Waals surface area contributed by atoms with Crippen LogP contribution in [0.1, 0.15) is 19.8 Å². The molecule has 3 heteroatoms. The summed E-state index contributed by atoms with van der Waals surface area (Å²) < 4.78 is 0. The molecule has 0 saturated carbocycles. The first-order chi connectivity index (χ1) is 4.18. The fraction of sp³-hybridized carbons (Fsp3) is 1.00. The smallest absolute Gasteiger partial charge is 0.330 e. The maximum Gasteiger partial charge on any atom is 0.330 e. The molecule has 0 heterocycles. The van der Waals surface area contributed by atoms with Gasteiger partial charge in [0.15, 0.2) is 0 Å². The molecule has 0 amide bonds. The van der Waals surface area contributed by atoms with Crippen LogP contribution < -0.4 is 0 Å². The Hall–Kier alpha value is 0.315. The Morgan fingerprint density at radius 2 is 2.00 bits per heavy atom. The van der Waals surface area contributed by atoms with E-state index in [1.165, 1.54) is 12.8 Å². The van der Waals surface area contributed by atoms with E-state index in [1.807, 2.05) is 18.9 Å². The molecule has 0 aliphatic carbocycles. The first kappa shape index (κ1) is 9.31. The molecule has 0 atom stereocenters. The second-order valence-electron chi connectivity index (χ2n) is 2.54. The van der Waals surface area contributed by atoms with E-state index in [0.717, 1.165) is 6.32 Å². The van der Waals surface area contributed by atoms with Crippen molar-refractivity contribution in [3.8, 4) is 0 Å². The van der Waals surface area contributed by atoms with Crippen LogP contribution in [0.2, 0.25) is 6.32 Å². The van der Waals surface area contributed by atoms with E-state index in [9.17, 15) is 0 Å². The highest BCUT2D eigenvalue weighted by atomic mass is 35.5. The predicted octanol–water partition coefficient (Wildman–Crippen LogP) is 2.08. The molecule has 0 rings (SSSR count). The molecular weight excluding hydrogens is 132 g/mol. The number of unbranched alkanes of at least 4 members (excludes halogenated alkanes) is 1. The molecule has 0 aromatic heterocycles. The minimum Gasteiger partial charge on any atom is -0.334 e. The van der Waals surface area contributed by atoms with Crippen molar-refractivity contribution < 1.29 is 0 Å². The van der Waals surface area contributed by atoms with Crippen molar-refractivity contribution in [1.82, 2.24) is 4.81 Å². The summed E-state index contributed by atoms with van der Waals surface area (Å²) in [4.78, 5) is 2.04. The van der Waals surface area contributed by atoms with Crippen LogP contribution in [0, 0.1) is 0 Å². The van der Waals surface area contributed by atoms with Gasteiger partial charge in [-0.25, -0.2) is 0 Å². The van der Waals surface area contributed by atoms with Gasteiger partial charge in [-0.3, -0.25) is 0 Å². The molecule has 0 fully saturated rings. The van der Waals surface area contributed by atoms with Crippen molar-refractivity contribution in [1.29, 1.82) is 0 Å². The van der Waals surface area contributed by atoms with Gasteiger partial charge in [-0.15, -0.1) is 0 Å². The lowest BCUT2D eigenvalue weighted by molar-refractivity contribution is 0.644. The van der Waals surface area contributed by atoms with E-state index in [1.54, 1.807) is 0 Å². The maximum absolute atomic E-state index is 5.92. The molecule has 1 nitrogen and oxygen atoms in total. The summed E-state index contributed by atoms with van der Waals surface area (Å²) in [5.41, 5.74) is 0. The van der Waals surface area contributed by atoms with Crippen molar-refractivity contribution in [3.05, 3.63) is 0 Å². The molecule has 0 saturated heterocycles. The molecular formula is C6H15BClN. The highest BCUT2D eigenvalue weighted by Gasteiger charge is 2.11. The van der Waals surface area contributed by atoms with Gasteiger partial charge in [0, 0.05) is 0 Å². The van der Waals surface area contributed by atoms with Crippen LogP contribution >= 0.6 is 11.5 Å². The Labute approximate surface area is 63.4 Å². The Morgan fingerprint density at radius 3 is 2.33 bits per heavy atom. The van der Waals surface area contributed by atoms with Gasteiger partial charge in [0.05, 0.1) is 0 Å². The molecule has 0 N–H and O–H groups in total. The summed E-state index contributed by atoms with van der Waals surface area (Å²) in [5, 5.41) is 0. The van der Waals surface area contributed by atoms with Gasteiger partial charge in [-0.05, 0) is 20.4 Å². The highest BCUT2D eigenvalue weighted by molar-refractivity contribution is 7.05.